The maximum absolute atomic E-state index is 8.88. The summed E-state index contributed by atoms with van der Waals surface area (Å²) in [5, 5.41) is 0. The predicted molar refractivity (Wildman–Crippen MR) is 17.6 cm³/mol. The zero-order valence-corrected chi connectivity index (χ0v) is 9.01. The molecule has 54 valence electrons. The van der Waals surface area contributed by atoms with Gasteiger partial charge in [0, 0.05) is 34.1 Å². The molecular formula is H6Fe2Li3O4P. The molecule has 0 radical (unpaired) electrons. The minimum Gasteiger partial charge on any atom is -1.00 e. The van der Waals surface area contributed by atoms with Gasteiger partial charge in [0.15, 0.2) is 0 Å². The fourth-order valence-electron chi connectivity index (χ4n) is 0. The summed E-state index contributed by atoms with van der Waals surface area (Å²) in [7, 11) is -4.64. The van der Waals surface area contributed by atoms with Gasteiger partial charge in [0.2, 0.25) is 0 Å². The Bertz CT molecular complexity index is 74.8. The van der Waals surface area contributed by atoms with Crippen molar-refractivity contribution in [3.8, 4) is 0 Å². The minimum absolute atomic E-state index is 0. The number of hydrogen-bond donors (Lipinski definition) is 3. The van der Waals surface area contributed by atoms with Crippen LogP contribution in [0.3, 0.4) is 0 Å². The molecule has 0 saturated heterocycles. The molecule has 0 aliphatic heterocycles. The fourth-order valence-corrected chi connectivity index (χ4v) is 0. The van der Waals surface area contributed by atoms with E-state index in [1.165, 1.54) is 0 Å². The molecule has 0 amide bonds. The monoisotopic (exact) mass is 234 g/mol. The summed E-state index contributed by atoms with van der Waals surface area (Å²) in [4.78, 5) is 21.6. The molecule has 0 aromatic carbocycles. The van der Waals surface area contributed by atoms with Crippen molar-refractivity contribution in [2.45, 2.75) is 0 Å². The maximum atomic E-state index is 8.88. The average Bonchev–Trinajstić information content (AvgIpc) is 0.722. The van der Waals surface area contributed by atoms with Crippen molar-refractivity contribution >= 4 is 7.82 Å². The van der Waals surface area contributed by atoms with Crippen LogP contribution < -0.4 is 56.6 Å². The Morgan fingerprint density at radius 2 is 0.900 bits per heavy atom. The maximum Gasteiger partial charge on any atom is 1.00 e. The Kier molecular flexibility index (Phi) is 68.5. The van der Waals surface area contributed by atoms with Crippen LogP contribution in [0.15, 0.2) is 0 Å². The van der Waals surface area contributed by atoms with Crippen LogP contribution in [0.5, 0.6) is 0 Å². The third kappa shape index (κ3) is 125. The van der Waals surface area contributed by atoms with Crippen LogP contribution in [0.1, 0.15) is 4.28 Å². The van der Waals surface area contributed by atoms with Gasteiger partial charge in [0.1, 0.15) is 0 Å². The molecule has 0 aliphatic rings. The third-order valence-corrected chi connectivity index (χ3v) is 0. The molecule has 10 heavy (non-hydrogen) atoms. The Morgan fingerprint density at radius 3 is 0.900 bits per heavy atom. The van der Waals surface area contributed by atoms with E-state index < -0.39 is 7.82 Å². The summed E-state index contributed by atoms with van der Waals surface area (Å²) >= 11 is 0. The van der Waals surface area contributed by atoms with Crippen LogP contribution in [0.2, 0.25) is 0 Å². The molecule has 4 nitrogen and oxygen atoms in total. The van der Waals surface area contributed by atoms with Crippen LogP contribution in [-0.2, 0) is 38.7 Å². The molecule has 3 N–H and O–H groups in total. The van der Waals surface area contributed by atoms with Gasteiger partial charge < -0.3 is 19.0 Å². The van der Waals surface area contributed by atoms with Crippen LogP contribution >= 0.6 is 7.82 Å². The van der Waals surface area contributed by atoms with Crippen LogP contribution in [0.25, 0.3) is 0 Å². The van der Waals surface area contributed by atoms with Crippen molar-refractivity contribution < 1.29 is 114 Å². The third-order valence-electron chi connectivity index (χ3n) is 0. The normalized spacial score (nSPS) is 5.90. The van der Waals surface area contributed by atoms with Crippen LogP contribution in [0, 0.1) is 0 Å². The average molecular weight is 234 g/mol. The van der Waals surface area contributed by atoms with Gasteiger partial charge in [0.25, 0.3) is 0 Å². The predicted octanol–water partition coefficient (Wildman–Crippen LogP) is -9.58. The fraction of sp³-hybridized carbons (Fsp3) is 0. The quantitative estimate of drug-likeness (QED) is 0.287. The van der Waals surface area contributed by atoms with Gasteiger partial charge in [-0.3, -0.25) is 0 Å². The van der Waals surface area contributed by atoms with Crippen molar-refractivity contribution in [2.75, 3.05) is 0 Å². The van der Waals surface area contributed by atoms with Gasteiger partial charge in [-0.05, 0) is 0 Å². The van der Waals surface area contributed by atoms with Crippen LogP contribution in [0.4, 0.5) is 0 Å². The van der Waals surface area contributed by atoms with Crippen molar-refractivity contribution in [1.29, 1.82) is 0 Å². The van der Waals surface area contributed by atoms with E-state index in [4.69, 9.17) is 19.2 Å². The second-order valence-electron chi connectivity index (χ2n) is 0.513. The van der Waals surface area contributed by atoms with E-state index in [0.29, 0.717) is 0 Å². The van der Waals surface area contributed by atoms with Gasteiger partial charge in [-0.1, -0.05) is 0 Å². The van der Waals surface area contributed by atoms with Crippen LogP contribution in [-0.4, -0.2) is 14.7 Å². The number of hydrogen-bond acceptors (Lipinski definition) is 1. The van der Waals surface area contributed by atoms with Gasteiger partial charge in [-0.25, -0.2) is 4.57 Å². The summed E-state index contributed by atoms with van der Waals surface area (Å²) in [5.74, 6) is 0. The molecule has 0 unspecified atom stereocenters. The molecule has 0 bridgehead atoms. The zero-order chi connectivity index (χ0) is 4.50. The van der Waals surface area contributed by atoms with E-state index in [0.717, 1.165) is 0 Å². The summed E-state index contributed by atoms with van der Waals surface area (Å²) in [6.45, 7) is 0. The van der Waals surface area contributed by atoms with E-state index in [9.17, 15) is 0 Å². The Labute approximate surface area is 121 Å². The molecule has 0 rings (SSSR count). The van der Waals surface area contributed by atoms with Gasteiger partial charge in [-0.2, -0.15) is 0 Å². The zero-order valence-electron chi connectivity index (χ0n) is 8.90. The molecule has 0 fully saturated rings. The summed E-state index contributed by atoms with van der Waals surface area (Å²) in [6.07, 6.45) is 0. The van der Waals surface area contributed by atoms with E-state index in [1.54, 1.807) is 0 Å². The number of rotatable bonds is 0. The Hall–Kier alpha value is 2.94. The molecule has 0 heterocycles. The smallest absolute Gasteiger partial charge is 1.00 e. The largest absolute Gasteiger partial charge is 1.00 e. The first-order valence-electron chi connectivity index (χ1n) is 0.783. The van der Waals surface area contributed by atoms with Gasteiger partial charge in [-0.15, -0.1) is 0 Å². The standard InChI is InChI=1S/2Fe.3Li.H3O4P.3H/c;;;;;1-5(2,3)4;;;/h;;;;;(H3,1,2,3,4);;;/q;;3*+1;;3*-1. The summed E-state index contributed by atoms with van der Waals surface area (Å²) in [5.41, 5.74) is 0. The molecule has 0 aromatic rings. The molecule has 10 heteroatoms. The topological polar surface area (TPSA) is 77.8 Å². The van der Waals surface area contributed by atoms with Crippen molar-refractivity contribution in [3.05, 3.63) is 0 Å². The minimum atomic E-state index is -4.64. The second kappa shape index (κ2) is 17.9. The second-order valence-corrected chi connectivity index (χ2v) is 1.54. The van der Waals surface area contributed by atoms with E-state index in [-0.39, 0.29) is 95.0 Å². The molecule has 0 spiro atoms. The van der Waals surface area contributed by atoms with Crippen molar-refractivity contribution in [1.82, 2.24) is 0 Å². The Morgan fingerprint density at radius 1 is 0.900 bits per heavy atom. The first-order valence-corrected chi connectivity index (χ1v) is 2.35. The summed E-state index contributed by atoms with van der Waals surface area (Å²) < 4.78 is 8.88. The SMILES string of the molecule is O=P(O)(O)O.[Fe].[Fe].[H-].[H-].[H-].[Li+].[Li+].[Li+]. The summed E-state index contributed by atoms with van der Waals surface area (Å²) in [6, 6.07) is 0. The first kappa shape index (κ1) is 38.3. The van der Waals surface area contributed by atoms with Gasteiger partial charge in [0.05, 0.1) is 0 Å². The van der Waals surface area contributed by atoms with E-state index >= 15 is 0 Å². The first-order chi connectivity index (χ1) is 2.00. The van der Waals surface area contributed by atoms with Crippen molar-refractivity contribution in [2.24, 2.45) is 0 Å². The van der Waals surface area contributed by atoms with E-state index in [1.807, 2.05) is 0 Å². The molecule has 0 saturated carbocycles. The molecule has 0 atom stereocenters. The Balaban J connectivity index is -0.00000000286. The molecule has 0 aromatic heterocycles. The molecular weight excluding hydrogens is 227 g/mol. The van der Waals surface area contributed by atoms with Gasteiger partial charge >= 0.3 is 64.4 Å². The van der Waals surface area contributed by atoms with E-state index in [2.05, 4.69) is 0 Å². The number of phosphoric acid groups is 1. The molecule has 0 aliphatic carbocycles. The van der Waals surface area contributed by atoms with Crippen molar-refractivity contribution in [3.63, 3.8) is 0 Å².